The average Bonchev–Trinajstić information content (AvgIpc) is 3.03. The van der Waals surface area contributed by atoms with Gasteiger partial charge in [0, 0.05) is 0 Å². The minimum Gasteiger partial charge on any atom is -0.0707 e. The first-order valence-electron chi connectivity index (χ1n) is 7.66. The monoisotopic (exact) mass is 218 g/mol. The summed E-state index contributed by atoms with van der Waals surface area (Å²) in [5.41, 5.74) is 3.88. The van der Waals surface area contributed by atoms with Crippen LogP contribution in [0.2, 0.25) is 0 Å². The molecule has 3 rings (SSSR count). The third-order valence-corrected chi connectivity index (χ3v) is 5.29. The van der Waals surface area contributed by atoms with Crippen molar-refractivity contribution >= 4 is 0 Å². The zero-order chi connectivity index (χ0) is 10.8. The zero-order valence-corrected chi connectivity index (χ0v) is 10.6. The van der Waals surface area contributed by atoms with Crippen LogP contribution in [0.5, 0.6) is 0 Å². The summed E-state index contributed by atoms with van der Waals surface area (Å²) in [6, 6.07) is 0. The second-order valence-electron chi connectivity index (χ2n) is 6.23. The molecule has 0 nitrogen and oxygen atoms in total. The standard InChI is InChI=1S/C16H26/c1-2-8-13(7-1)15-11-5-6-12-16(15)14-9-3-4-10-14/h13,15H,1-12H2. The van der Waals surface area contributed by atoms with Crippen LogP contribution in [0.1, 0.15) is 77.0 Å². The van der Waals surface area contributed by atoms with Gasteiger partial charge in [0.2, 0.25) is 0 Å². The molecule has 3 aliphatic rings. The molecule has 3 aliphatic carbocycles. The highest BCUT2D eigenvalue weighted by molar-refractivity contribution is 5.22. The molecule has 0 saturated heterocycles. The van der Waals surface area contributed by atoms with Crippen molar-refractivity contribution in [3.05, 3.63) is 11.1 Å². The summed E-state index contributed by atoms with van der Waals surface area (Å²) < 4.78 is 0. The van der Waals surface area contributed by atoms with E-state index in [9.17, 15) is 0 Å². The Balaban J connectivity index is 1.79. The zero-order valence-electron chi connectivity index (χ0n) is 10.6. The molecule has 0 amide bonds. The SMILES string of the molecule is C1CCC(=C2CCCCC2C2CCCC2)C1. The van der Waals surface area contributed by atoms with Gasteiger partial charge in [-0.25, -0.2) is 0 Å². The van der Waals surface area contributed by atoms with E-state index in [-0.39, 0.29) is 0 Å². The van der Waals surface area contributed by atoms with Crippen LogP contribution < -0.4 is 0 Å². The van der Waals surface area contributed by atoms with Crippen molar-refractivity contribution in [2.24, 2.45) is 11.8 Å². The van der Waals surface area contributed by atoms with Gasteiger partial charge >= 0.3 is 0 Å². The Morgan fingerprint density at radius 3 is 2.00 bits per heavy atom. The van der Waals surface area contributed by atoms with Gasteiger partial charge in [0.25, 0.3) is 0 Å². The number of allylic oxidation sites excluding steroid dienone is 2. The van der Waals surface area contributed by atoms with Crippen molar-refractivity contribution < 1.29 is 0 Å². The van der Waals surface area contributed by atoms with Gasteiger partial charge < -0.3 is 0 Å². The molecule has 16 heavy (non-hydrogen) atoms. The molecule has 90 valence electrons. The lowest BCUT2D eigenvalue weighted by atomic mass is 9.73. The summed E-state index contributed by atoms with van der Waals surface area (Å²) in [5, 5.41) is 0. The van der Waals surface area contributed by atoms with Crippen LogP contribution in [0.25, 0.3) is 0 Å². The first kappa shape index (κ1) is 10.9. The van der Waals surface area contributed by atoms with Crippen molar-refractivity contribution in [2.45, 2.75) is 77.0 Å². The van der Waals surface area contributed by atoms with Gasteiger partial charge in [-0.3, -0.25) is 0 Å². The van der Waals surface area contributed by atoms with Crippen LogP contribution in [0.3, 0.4) is 0 Å². The van der Waals surface area contributed by atoms with Crippen molar-refractivity contribution in [1.82, 2.24) is 0 Å². The maximum atomic E-state index is 1.97. The summed E-state index contributed by atoms with van der Waals surface area (Å²) in [5.74, 6) is 2.12. The highest BCUT2D eigenvalue weighted by Crippen LogP contribution is 2.45. The van der Waals surface area contributed by atoms with Gasteiger partial charge in [-0.05, 0) is 69.6 Å². The lowest BCUT2D eigenvalue weighted by Gasteiger charge is -2.32. The Labute approximate surface area is 101 Å². The van der Waals surface area contributed by atoms with Crippen LogP contribution in [-0.2, 0) is 0 Å². The van der Waals surface area contributed by atoms with Crippen LogP contribution in [-0.4, -0.2) is 0 Å². The van der Waals surface area contributed by atoms with Gasteiger partial charge in [0.1, 0.15) is 0 Å². The molecule has 0 N–H and O–H groups in total. The molecule has 0 spiro atoms. The van der Waals surface area contributed by atoms with Gasteiger partial charge in [-0.1, -0.05) is 30.4 Å². The molecule has 1 atom stereocenters. The molecule has 0 heteroatoms. The van der Waals surface area contributed by atoms with E-state index in [1.807, 2.05) is 11.1 Å². The molecular weight excluding hydrogens is 192 g/mol. The second kappa shape index (κ2) is 4.94. The summed E-state index contributed by atoms with van der Waals surface area (Å²) in [7, 11) is 0. The smallest absolute Gasteiger partial charge is 0.0172 e. The van der Waals surface area contributed by atoms with E-state index in [0.717, 1.165) is 11.8 Å². The van der Waals surface area contributed by atoms with E-state index in [4.69, 9.17) is 0 Å². The third-order valence-electron chi connectivity index (χ3n) is 5.29. The molecule has 3 saturated carbocycles. The predicted molar refractivity (Wildman–Crippen MR) is 69.4 cm³/mol. The molecule has 1 unspecified atom stereocenters. The van der Waals surface area contributed by atoms with Crippen molar-refractivity contribution in [1.29, 1.82) is 0 Å². The Kier molecular flexibility index (Phi) is 3.35. The summed E-state index contributed by atoms with van der Waals surface area (Å²) in [6.45, 7) is 0. The van der Waals surface area contributed by atoms with Gasteiger partial charge in [-0.15, -0.1) is 0 Å². The fourth-order valence-corrected chi connectivity index (χ4v) is 4.48. The quantitative estimate of drug-likeness (QED) is 0.528. The van der Waals surface area contributed by atoms with Crippen LogP contribution in [0, 0.1) is 11.8 Å². The predicted octanol–water partition coefficient (Wildman–Crippen LogP) is 5.24. The fourth-order valence-electron chi connectivity index (χ4n) is 4.48. The third kappa shape index (κ3) is 2.08. The van der Waals surface area contributed by atoms with Crippen LogP contribution in [0.4, 0.5) is 0 Å². The summed E-state index contributed by atoms with van der Waals surface area (Å²) >= 11 is 0. The molecule has 0 aromatic rings. The number of hydrogen-bond donors (Lipinski definition) is 0. The number of hydrogen-bond acceptors (Lipinski definition) is 0. The second-order valence-corrected chi connectivity index (χ2v) is 6.23. The largest absolute Gasteiger partial charge is 0.0707 e. The molecule has 0 aromatic carbocycles. The van der Waals surface area contributed by atoms with Crippen molar-refractivity contribution in [3.8, 4) is 0 Å². The van der Waals surface area contributed by atoms with Crippen molar-refractivity contribution in [2.75, 3.05) is 0 Å². The topological polar surface area (TPSA) is 0 Å². The summed E-state index contributed by atoms with van der Waals surface area (Å²) in [6.07, 6.45) is 18.0. The average molecular weight is 218 g/mol. The Morgan fingerprint density at radius 2 is 1.25 bits per heavy atom. The number of rotatable bonds is 1. The molecular formula is C16H26. The van der Waals surface area contributed by atoms with E-state index >= 15 is 0 Å². The lowest BCUT2D eigenvalue weighted by Crippen LogP contribution is -2.19. The Bertz CT molecular complexity index is 260. The van der Waals surface area contributed by atoms with E-state index in [2.05, 4.69) is 0 Å². The minimum absolute atomic E-state index is 1.03. The van der Waals surface area contributed by atoms with Gasteiger partial charge in [-0.2, -0.15) is 0 Å². The lowest BCUT2D eigenvalue weighted by molar-refractivity contribution is 0.317. The first-order chi connectivity index (χ1) is 7.95. The Hall–Kier alpha value is -0.260. The minimum atomic E-state index is 1.03. The molecule has 0 aliphatic heterocycles. The van der Waals surface area contributed by atoms with E-state index < -0.39 is 0 Å². The molecule has 3 fully saturated rings. The van der Waals surface area contributed by atoms with Crippen LogP contribution >= 0.6 is 0 Å². The van der Waals surface area contributed by atoms with Gasteiger partial charge in [0.05, 0.1) is 0 Å². The van der Waals surface area contributed by atoms with Gasteiger partial charge in [0.15, 0.2) is 0 Å². The molecule has 0 radical (unpaired) electrons. The van der Waals surface area contributed by atoms with Crippen LogP contribution in [0.15, 0.2) is 11.1 Å². The first-order valence-corrected chi connectivity index (χ1v) is 7.66. The normalized spacial score (nSPS) is 32.6. The van der Waals surface area contributed by atoms with Crippen molar-refractivity contribution in [3.63, 3.8) is 0 Å². The highest BCUT2D eigenvalue weighted by atomic mass is 14.4. The highest BCUT2D eigenvalue weighted by Gasteiger charge is 2.31. The maximum Gasteiger partial charge on any atom is -0.0172 e. The molecule has 0 heterocycles. The Morgan fingerprint density at radius 1 is 0.625 bits per heavy atom. The van der Waals surface area contributed by atoms with E-state index in [0.29, 0.717) is 0 Å². The maximum absolute atomic E-state index is 1.97. The van der Waals surface area contributed by atoms with E-state index in [1.165, 1.54) is 64.2 Å². The fraction of sp³-hybridized carbons (Fsp3) is 0.875. The van der Waals surface area contributed by atoms with E-state index in [1.54, 1.807) is 12.8 Å². The molecule has 0 bridgehead atoms. The molecule has 0 aromatic heterocycles. The summed E-state index contributed by atoms with van der Waals surface area (Å²) in [4.78, 5) is 0.